The van der Waals surface area contributed by atoms with Gasteiger partial charge < -0.3 is 0 Å². The van der Waals surface area contributed by atoms with Gasteiger partial charge in [-0.3, -0.25) is 9.48 Å². The molecule has 0 saturated heterocycles. The minimum Gasteiger partial charge on any atom is -0.287 e. The zero-order chi connectivity index (χ0) is 14.8. The van der Waals surface area contributed by atoms with Crippen LogP contribution in [0.1, 0.15) is 35.0 Å². The predicted octanol–water partition coefficient (Wildman–Crippen LogP) is 3.54. The fraction of sp³-hybridized carbons (Fsp3) is 0.286. The van der Waals surface area contributed by atoms with Crippen LogP contribution in [0.4, 0.5) is 13.2 Å². The number of aromatic nitrogens is 2. The van der Waals surface area contributed by atoms with Crippen molar-refractivity contribution in [1.29, 1.82) is 0 Å². The van der Waals surface area contributed by atoms with Crippen LogP contribution in [0.2, 0.25) is 0 Å². The highest BCUT2D eigenvalue weighted by atomic mass is 19.4. The molecule has 0 atom stereocenters. The van der Waals surface area contributed by atoms with E-state index in [-0.39, 0.29) is 11.3 Å². The second-order valence-electron chi connectivity index (χ2n) is 4.34. The highest BCUT2D eigenvalue weighted by Crippen LogP contribution is 2.29. The van der Waals surface area contributed by atoms with Crippen LogP contribution < -0.4 is 0 Å². The highest BCUT2D eigenvalue weighted by Gasteiger charge is 2.30. The third-order valence-corrected chi connectivity index (χ3v) is 2.86. The van der Waals surface area contributed by atoms with Gasteiger partial charge >= 0.3 is 6.18 Å². The lowest BCUT2D eigenvalue weighted by molar-refractivity contribution is -0.137. The van der Waals surface area contributed by atoms with E-state index < -0.39 is 11.7 Å². The van der Waals surface area contributed by atoms with E-state index in [4.69, 9.17) is 0 Å². The first kappa shape index (κ1) is 14.3. The largest absolute Gasteiger partial charge is 0.416 e. The summed E-state index contributed by atoms with van der Waals surface area (Å²) in [6.07, 6.45) is -2.08. The molecule has 3 nitrogen and oxygen atoms in total. The molecule has 2 rings (SSSR count). The van der Waals surface area contributed by atoms with Crippen molar-refractivity contribution in [2.45, 2.75) is 26.1 Å². The van der Waals surface area contributed by atoms with Crippen LogP contribution in [-0.2, 0) is 12.7 Å². The van der Waals surface area contributed by atoms with E-state index in [0.29, 0.717) is 12.2 Å². The van der Waals surface area contributed by atoms with E-state index in [1.54, 1.807) is 10.7 Å². The molecule has 0 spiro atoms. The van der Waals surface area contributed by atoms with Crippen LogP contribution in [0.3, 0.4) is 0 Å². The van der Waals surface area contributed by atoms with Crippen LogP contribution >= 0.6 is 0 Å². The molecule has 0 unspecified atom stereocenters. The van der Waals surface area contributed by atoms with Crippen molar-refractivity contribution in [3.05, 3.63) is 53.3 Å². The van der Waals surface area contributed by atoms with Gasteiger partial charge in [0.05, 0.1) is 5.56 Å². The average Bonchev–Trinajstić information content (AvgIpc) is 2.86. The minimum absolute atomic E-state index is 0.218. The Morgan fingerprint density at radius 1 is 1.20 bits per heavy atom. The molecule has 0 bridgehead atoms. The summed E-state index contributed by atoms with van der Waals surface area (Å²) in [4.78, 5) is 12.2. The first-order valence-corrected chi connectivity index (χ1v) is 6.17. The van der Waals surface area contributed by atoms with E-state index in [9.17, 15) is 18.0 Å². The van der Waals surface area contributed by atoms with Crippen molar-refractivity contribution in [2.75, 3.05) is 0 Å². The number of rotatable bonds is 4. The number of ketones is 1. The van der Waals surface area contributed by atoms with Gasteiger partial charge in [-0.1, -0.05) is 19.1 Å². The molecule has 0 amide bonds. The molecule has 0 saturated carbocycles. The monoisotopic (exact) mass is 282 g/mol. The summed E-state index contributed by atoms with van der Waals surface area (Å²) in [5.74, 6) is -0.329. The van der Waals surface area contributed by atoms with Gasteiger partial charge in [0, 0.05) is 18.3 Å². The molecule has 1 aromatic heterocycles. The van der Waals surface area contributed by atoms with E-state index in [2.05, 4.69) is 5.10 Å². The lowest BCUT2D eigenvalue weighted by Crippen LogP contribution is -2.12. The van der Waals surface area contributed by atoms with Gasteiger partial charge in [0.25, 0.3) is 0 Å². The Kier molecular flexibility index (Phi) is 3.92. The fourth-order valence-electron chi connectivity index (χ4n) is 1.87. The first-order valence-electron chi connectivity index (χ1n) is 6.17. The number of halogens is 3. The summed E-state index contributed by atoms with van der Waals surface area (Å²) >= 11 is 0. The molecule has 0 fully saturated rings. The van der Waals surface area contributed by atoms with Crippen LogP contribution in [0.25, 0.3) is 0 Å². The molecule has 2 aromatic rings. The number of carbonyl (C=O) groups is 1. The van der Waals surface area contributed by atoms with Crippen molar-refractivity contribution in [3.8, 4) is 0 Å². The Morgan fingerprint density at radius 2 is 1.85 bits per heavy atom. The third-order valence-electron chi connectivity index (χ3n) is 2.86. The molecule has 0 radical (unpaired) electrons. The van der Waals surface area contributed by atoms with E-state index in [1.807, 2.05) is 6.92 Å². The number of carbonyl (C=O) groups excluding carboxylic acids is 1. The third kappa shape index (κ3) is 2.89. The van der Waals surface area contributed by atoms with Gasteiger partial charge in [-0.15, -0.1) is 0 Å². The zero-order valence-electron chi connectivity index (χ0n) is 10.8. The number of alkyl halides is 3. The molecule has 20 heavy (non-hydrogen) atoms. The Morgan fingerprint density at radius 3 is 2.40 bits per heavy atom. The fourth-order valence-corrected chi connectivity index (χ4v) is 1.87. The van der Waals surface area contributed by atoms with Gasteiger partial charge in [0.2, 0.25) is 5.78 Å². The van der Waals surface area contributed by atoms with Crippen LogP contribution in [0.15, 0.2) is 36.5 Å². The van der Waals surface area contributed by atoms with E-state index in [0.717, 1.165) is 18.6 Å². The van der Waals surface area contributed by atoms with Crippen molar-refractivity contribution < 1.29 is 18.0 Å². The summed E-state index contributed by atoms with van der Waals surface area (Å²) in [5.41, 5.74) is -0.168. The molecule has 6 heteroatoms. The van der Waals surface area contributed by atoms with Gasteiger partial charge in [-0.05, 0) is 24.6 Å². The SMILES string of the molecule is CCCn1nccc1C(=O)c1ccc(C(F)(F)F)cc1. The van der Waals surface area contributed by atoms with Crippen molar-refractivity contribution in [2.24, 2.45) is 0 Å². The summed E-state index contributed by atoms with van der Waals surface area (Å²) in [7, 11) is 0. The molecule has 1 heterocycles. The Bertz CT molecular complexity index is 600. The molecule has 0 aliphatic heterocycles. The zero-order valence-corrected chi connectivity index (χ0v) is 10.8. The topological polar surface area (TPSA) is 34.9 Å². The van der Waals surface area contributed by atoms with Gasteiger partial charge in [-0.25, -0.2) is 0 Å². The molecule has 106 valence electrons. The molecule has 0 aliphatic rings. The van der Waals surface area contributed by atoms with Gasteiger partial charge in [-0.2, -0.15) is 18.3 Å². The molecular formula is C14H13F3N2O. The lowest BCUT2D eigenvalue weighted by atomic mass is 10.1. The standard InChI is InChI=1S/C14H13F3N2O/c1-2-9-19-12(7-8-18-19)13(20)10-3-5-11(6-4-10)14(15,16)17/h3-8H,2,9H2,1H3. The van der Waals surface area contributed by atoms with Crippen molar-refractivity contribution in [1.82, 2.24) is 9.78 Å². The molecule has 0 N–H and O–H groups in total. The number of benzene rings is 1. The maximum absolute atomic E-state index is 12.5. The Labute approximate surface area is 114 Å². The average molecular weight is 282 g/mol. The van der Waals surface area contributed by atoms with Crippen LogP contribution in [0.5, 0.6) is 0 Å². The molecule has 0 aliphatic carbocycles. The number of nitrogens with zero attached hydrogens (tertiary/aromatic N) is 2. The summed E-state index contributed by atoms with van der Waals surface area (Å²) in [6.45, 7) is 2.54. The lowest BCUT2D eigenvalue weighted by Gasteiger charge is -2.08. The van der Waals surface area contributed by atoms with E-state index in [1.165, 1.54) is 18.3 Å². The first-order chi connectivity index (χ1) is 9.43. The second-order valence-corrected chi connectivity index (χ2v) is 4.34. The second kappa shape index (κ2) is 5.48. The maximum Gasteiger partial charge on any atom is 0.416 e. The Balaban J connectivity index is 2.27. The van der Waals surface area contributed by atoms with Crippen LogP contribution in [-0.4, -0.2) is 15.6 Å². The van der Waals surface area contributed by atoms with Gasteiger partial charge in [0.1, 0.15) is 5.69 Å². The summed E-state index contributed by atoms with van der Waals surface area (Å²) < 4.78 is 38.9. The Hall–Kier alpha value is -2.11. The summed E-state index contributed by atoms with van der Waals surface area (Å²) in [6, 6.07) is 5.76. The van der Waals surface area contributed by atoms with Gasteiger partial charge in [0.15, 0.2) is 0 Å². The van der Waals surface area contributed by atoms with Crippen molar-refractivity contribution >= 4 is 5.78 Å². The van der Waals surface area contributed by atoms with Crippen LogP contribution in [0, 0.1) is 0 Å². The predicted molar refractivity (Wildman–Crippen MR) is 67.4 cm³/mol. The normalized spacial score (nSPS) is 11.6. The minimum atomic E-state index is -4.40. The smallest absolute Gasteiger partial charge is 0.287 e. The maximum atomic E-state index is 12.5. The van der Waals surface area contributed by atoms with E-state index >= 15 is 0 Å². The quantitative estimate of drug-likeness (QED) is 0.804. The number of aryl methyl sites for hydroxylation is 1. The van der Waals surface area contributed by atoms with Crippen molar-refractivity contribution in [3.63, 3.8) is 0 Å². The molecule has 1 aromatic carbocycles. The number of hydrogen-bond donors (Lipinski definition) is 0. The number of hydrogen-bond acceptors (Lipinski definition) is 2. The molecular weight excluding hydrogens is 269 g/mol. The summed E-state index contributed by atoms with van der Waals surface area (Å²) in [5, 5.41) is 4.03. The highest BCUT2D eigenvalue weighted by molar-refractivity contribution is 6.07.